The molecular weight excluding hydrogens is 756 g/mol. The molecular formula is C44H24F12. The van der Waals surface area contributed by atoms with Crippen LogP contribution in [0.2, 0.25) is 0 Å². The van der Waals surface area contributed by atoms with Crippen molar-refractivity contribution in [2.45, 2.75) is 30.6 Å². The van der Waals surface area contributed by atoms with Gasteiger partial charge < -0.3 is 0 Å². The normalized spacial score (nSPS) is 19.6. The van der Waals surface area contributed by atoms with Gasteiger partial charge in [0.1, 0.15) is 0 Å². The van der Waals surface area contributed by atoms with Crippen LogP contribution < -0.4 is 0 Å². The third kappa shape index (κ3) is 6.54. The van der Waals surface area contributed by atoms with Crippen molar-refractivity contribution in [3.05, 3.63) is 206 Å². The minimum atomic E-state index is -4.74. The smallest absolute Gasteiger partial charge is 0.166 e. The lowest BCUT2D eigenvalue weighted by Crippen LogP contribution is -2.27. The molecule has 0 spiro atoms. The fraction of sp³-hybridized carbons (Fsp3) is 0.136. The molecule has 0 fully saturated rings. The molecule has 0 N–H and O–H groups in total. The first-order valence-electron chi connectivity index (χ1n) is 17.0. The maximum absolute atomic E-state index is 14.0. The monoisotopic (exact) mass is 780 g/mol. The minimum Gasteiger partial charge on any atom is -0.166 e. The van der Waals surface area contributed by atoms with Gasteiger partial charge in [0.2, 0.25) is 0 Å². The third-order valence-corrected chi connectivity index (χ3v) is 10.3. The average Bonchev–Trinajstić information content (AvgIpc) is 3.15. The van der Waals surface area contributed by atoms with Gasteiger partial charge in [-0.05, 0) is 115 Å². The molecule has 4 aromatic rings. The summed E-state index contributed by atoms with van der Waals surface area (Å²) in [5, 5.41) is 0. The van der Waals surface area contributed by atoms with Crippen molar-refractivity contribution in [2.24, 2.45) is 5.92 Å². The van der Waals surface area contributed by atoms with Crippen molar-refractivity contribution in [3.8, 4) is 0 Å². The van der Waals surface area contributed by atoms with E-state index in [9.17, 15) is 52.7 Å². The SMILES string of the molecule is FC(F)(F)c1cccc(C2=CC(c3cccc(C(F)(F)F)c3)=C3C=CC4=C5C(=CC=C2[C@@H]35)C(c2cccc(C(F)(F)F)c2)C=C4c2cccc(C(F)(F)F)c2)c1. The zero-order chi connectivity index (χ0) is 39.9. The van der Waals surface area contributed by atoms with Crippen LogP contribution in [-0.4, -0.2) is 0 Å². The second-order valence-electron chi connectivity index (χ2n) is 13.7. The van der Waals surface area contributed by atoms with Crippen LogP contribution in [0.3, 0.4) is 0 Å². The topological polar surface area (TPSA) is 0 Å². The highest BCUT2D eigenvalue weighted by Gasteiger charge is 2.43. The Bertz CT molecular complexity index is 2520. The summed E-state index contributed by atoms with van der Waals surface area (Å²) >= 11 is 0. The van der Waals surface area contributed by atoms with Crippen LogP contribution >= 0.6 is 0 Å². The second kappa shape index (κ2) is 12.9. The van der Waals surface area contributed by atoms with E-state index in [0.29, 0.717) is 27.9 Å². The van der Waals surface area contributed by atoms with Crippen molar-refractivity contribution < 1.29 is 52.7 Å². The number of alkyl halides is 12. The molecule has 0 saturated carbocycles. The van der Waals surface area contributed by atoms with E-state index >= 15 is 0 Å². The Balaban J connectivity index is 1.41. The van der Waals surface area contributed by atoms with Gasteiger partial charge >= 0.3 is 24.7 Å². The van der Waals surface area contributed by atoms with Crippen LogP contribution in [0.15, 0.2) is 161 Å². The molecule has 1 unspecified atom stereocenters. The molecule has 2 atom stereocenters. The summed E-state index contributed by atoms with van der Waals surface area (Å²) in [6.07, 6.45) is -9.31. The summed E-state index contributed by atoms with van der Waals surface area (Å²) < 4.78 is 168. The van der Waals surface area contributed by atoms with Crippen LogP contribution in [0.4, 0.5) is 52.7 Å². The van der Waals surface area contributed by atoms with Crippen LogP contribution in [-0.2, 0) is 24.7 Å². The van der Waals surface area contributed by atoms with Gasteiger partial charge in [-0.25, -0.2) is 0 Å². The van der Waals surface area contributed by atoms with Gasteiger partial charge in [0.15, 0.2) is 0 Å². The van der Waals surface area contributed by atoms with E-state index in [0.717, 1.165) is 48.5 Å². The molecule has 4 aliphatic carbocycles. The largest absolute Gasteiger partial charge is 0.416 e. The quantitative estimate of drug-likeness (QED) is 0.181. The molecule has 0 aromatic heterocycles. The summed E-state index contributed by atoms with van der Waals surface area (Å²) in [6.45, 7) is 0. The zero-order valence-electron chi connectivity index (χ0n) is 28.4. The molecule has 0 aliphatic heterocycles. The molecule has 8 rings (SSSR count). The Labute approximate surface area is 311 Å². The van der Waals surface area contributed by atoms with Gasteiger partial charge in [0, 0.05) is 11.8 Å². The molecule has 284 valence electrons. The van der Waals surface area contributed by atoms with Crippen molar-refractivity contribution in [3.63, 3.8) is 0 Å². The lowest BCUT2D eigenvalue weighted by molar-refractivity contribution is -0.138. The Morgan fingerprint density at radius 3 is 1.45 bits per heavy atom. The van der Waals surface area contributed by atoms with E-state index in [1.807, 2.05) is 0 Å². The fourth-order valence-electron chi connectivity index (χ4n) is 7.86. The zero-order valence-corrected chi connectivity index (χ0v) is 28.4. The van der Waals surface area contributed by atoms with Crippen LogP contribution in [0.5, 0.6) is 0 Å². The van der Waals surface area contributed by atoms with E-state index < -0.39 is 58.8 Å². The summed E-state index contributed by atoms with van der Waals surface area (Å²) in [5.41, 5.74) is -0.405. The number of halogens is 12. The molecule has 0 radical (unpaired) electrons. The summed E-state index contributed by atoms with van der Waals surface area (Å²) in [6, 6.07) is 17.9. The number of hydrogen-bond donors (Lipinski definition) is 0. The van der Waals surface area contributed by atoms with Gasteiger partial charge in [-0.1, -0.05) is 85.0 Å². The van der Waals surface area contributed by atoms with Crippen molar-refractivity contribution >= 4 is 16.7 Å². The van der Waals surface area contributed by atoms with Crippen molar-refractivity contribution in [1.29, 1.82) is 0 Å². The summed E-state index contributed by atoms with van der Waals surface area (Å²) in [5.74, 6) is -1.84. The van der Waals surface area contributed by atoms with E-state index in [1.165, 1.54) is 54.6 Å². The van der Waals surface area contributed by atoms with Gasteiger partial charge in [0.25, 0.3) is 0 Å². The Morgan fingerprint density at radius 1 is 0.429 bits per heavy atom. The maximum Gasteiger partial charge on any atom is 0.416 e. The van der Waals surface area contributed by atoms with Gasteiger partial charge in [0.05, 0.1) is 22.3 Å². The lowest BCUT2D eigenvalue weighted by atomic mass is 9.60. The Kier molecular flexibility index (Phi) is 8.55. The van der Waals surface area contributed by atoms with Crippen LogP contribution in [0.25, 0.3) is 16.7 Å². The van der Waals surface area contributed by atoms with Gasteiger partial charge in [-0.2, -0.15) is 52.7 Å². The highest BCUT2D eigenvalue weighted by Crippen LogP contribution is 2.58. The predicted molar refractivity (Wildman–Crippen MR) is 187 cm³/mol. The molecule has 4 aliphatic rings. The van der Waals surface area contributed by atoms with Crippen LogP contribution in [0.1, 0.15) is 50.4 Å². The molecule has 4 aromatic carbocycles. The number of allylic oxidation sites excluding steroid dienone is 14. The first-order valence-corrected chi connectivity index (χ1v) is 17.0. The number of rotatable bonds is 4. The van der Waals surface area contributed by atoms with Crippen molar-refractivity contribution in [1.82, 2.24) is 0 Å². The highest BCUT2D eigenvalue weighted by atomic mass is 19.4. The van der Waals surface area contributed by atoms with E-state index in [2.05, 4.69) is 0 Å². The van der Waals surface area contributed by atoms with E-state index in [-0.39, 0.29) is 39.0 Å². The van der Waals surface area contributed by atoms with Crippen LogP contribution in [0, 0.1) is 5.92 Å². The van der Waals surface area contributed by atoms with Crippen molar-refractivity contribution in [2.75, 3.05) is 0 Å². The average molecular weight is 781 g/mol. The first kappa shape index (κ1) is 37.2. The third-order valence-electron chi connectivity index (χ3n) is 10.3. The molecule has 0 nitrogen and oxygen atoms in total. The lowest BCUT2D eigenvalue weighted by Gasteiger charge is -2.42. The first-order chi connectivity index (χ1) is 26.3. The van der Waals surface area contributed by atoms with Gasteiger partial charge in [-0.15, -0.1) is 0 Å². The second-order valence-corrected chi connectivity index (χ2v) is 13.7. The Morgan fingerprint density at radius 2 is 0.893 bits per heavy atom. The Hall–Kier alpha value is -5.78. The molecule has 56 heavy (non-hydrogen) atoms. The fourth-order valence-corrected chi connectivity index (χ4v) is 7.86. The van der Waals surface area contributed by atoms with Gasteiger partial charge in [-0.3, -0.25) is 0 Å². The molecule has 0 saturated heterocycles. The standard InChI is InChI=1S/C44H24F12/c45-41(46,47)27-9-1-5-23(17-27)35-21-36(24-6-2-10-28(18-24)42(48,49)50)32-15-16-34-38(26-8-4-12-30(20-26)44(54,55)56)22-37(33-14-13-31(35)39(32)40(33)34)25-7-3-11-29(19-25)43(51,52)53/h1-22,35,40H/t35?,40-/m0/s1. The molecule has 12 heteroatoms. The molecule has 0 bridgehead atoms. The van der Waals surface area contributed by atoms with E-state index in [4.69, 9.17) is 0 Å². The molecule has 0 amide bonds. The summed E-state index contributed by atoms with van der Waals surface area (Å²) in [7, 11) is 0. The number of hydrogen-bond acceptors (Lipinski definition) is 0. The molecule has 0 heterocycles. The highest BCUT2D eigenvalue weighted by molar-refractivity contribution is 6.01. The summed E-state index contributed by atoms with van der Waals surface area (Å²) in [4.78, 5) is 0. The van der Waals surface area contributed by atoms with E-state index in [1.54, 1.807) is 30.4 Å². The number of benzene rings is 4. The minimum absolute atomic E-state index is 0.0991. The maximum atomic E-state index is 14.0. The predicted octanol–water partition coefficient (Wildman–Crippen LogP) is 13.8.